The van der Waals surface area contributed by atoms with Gasteiger partial charge in [0.2, 0.25) is 5.43 Å². The minimum absolute atomic E-state index is 0.127. The molecule has 2 atom stereocenters. The summed E-state index contributed by atoms with van der Waals surface area (Å²) in [5.41, 5.74) is 2.15. The summed E-state index contributed by atoms with van der Waals surface area (Å²) in [6.07, 6.45) is 2.70. The minimum atomic E-state index is -0.127. The van der Waals surface area contributed by atoms with Crippen molar-refractivity contribution in [3.8, 4) is 22.6 Å². The van der Waals surface area contributed by atoms with Crippen LogP contribution in [0.5, 0.6) is 11.5 Å². The van der Waals surface area contributed by atoms with E-state index in [1.54, 1.807) is 19.2 Å². The second kappa shape index (κ2) is 7.91. The summed E-state index contributed by atoms with van der Waals surface area (Å²) in [4.78, 5) is 15.6. The fraction of sp³-hybridized carbons (Fsp3) is 0.375. The van der Waals surface area contributed by atoms with Gasteiger partial charge in [0.1, 0.15) is 23.3 Å². The summed E-state index contributed by atoms with van der Waals surface area (Å²) in [5, 5.41) is 11.0. The standard InChI is InChI=1S/C24H27NO4/c1-15-10-16(2)12-25(11-15)13-19-21(26)9-8-18-23(27)20(14-29-24(18)19)17-6-4-5-7-22(17)28-3/h4-9,14-16,26H,10-13H2,1-3H3. The first-order valence-electron chi connectivity index (χ1n) is 10.1. The third-order valence-electron chi connectivity index (χ3n) is 5.74. The van der Waals surface area contributed by atoms with E-state index < -0.39 is 0 Å². The number of phenolic OH excluding ortho intramolecular Hbond substituents is 1. The van der Waals surface area contributed by atoms with Crippen LogP contribution in [0.4, 0.5) is 0 Å². The molecule has 2 unspecified atom stereocenters. The Morgan fingerprint density at radius 3 is 2.55 bits per heavy atom. The average Bonchev–Trinajstić information content (AvgIpc) is 2.70. The number of phenols is 1. The molecule has 1 N–H and O–H groups in total. The Kier molecular flexibility index (Phi) is 5.33. The first-order valence-corrected chi connectivity index (χ1v) is 10.1. The molecule has 5 heteroatoms. The number of hydrogen-bond acceptors (Lipinski definition) is 5. The highest BCUT2D eigenvalue weighted by molar-refractivity contribution is 5.86. The van der Waals surface area contributed by atoms with Gasteiger partial charge in [0.25, 0.3) is 0 Å². The molecule has 152 valence electrons. The number of fused-ring (bicyclic) bond motifs is 1. The number of methoxy groups -OCH3 is 1. The molecule has 3 aromatic rings. The van der Waals surface area contributed by atoms with Crippen LogP contribution in [0, 0.1) is 11.8 Å². The fourth-order valence-corrected chi connectivity index (χ4v) is 4.60. The van der Waals surface area contributed by atoms with Gasteiger partial charge < -0.3 is 14.3 Å². The zero-order valence-corrected chi connectivity index (χ0v) is 17.1. The van der Waals surface area contributed by atoms with Gasteiger partial charge in [-0.1, -0.05) is 32.0 Å². The monoisotopic (exact) mass is 393 g/mol. The molecule has 5 nitrogen and oxygen atoms in total. The molecule has 1 aliphatic heterocycles. The van der Waals surface area contributed by atoms with Gasteiger partial charge in [-0.3, -0.25) is 9.69 Å². The molecule has 1 aromatic heterocycles. The van der Waals surface area contributed by atoms with E-state index in [0.717, 1.165) is 13.1 Å². The van der Waals surface area contributed by atoms with E-state index in [0.29, 0.717) is 51.8 Å². The van der Waals surface area contributed by atoms with Gasteiger partial charge in [-0.2, -0.15) is 0 Å². The Labute approximate surface area is 170 Å². The van der Waals surface area contributed by atoms with Crippen LogP contribution in [0.3, 0.4) is 0 Å². The van der Waals surface area contributed by atoms with Crippen LogP contribution in [0.1, 0.15) is 25.8 Å². The lowest BCUT2D eigenvalue weighted by molar-refractivity contribution is 0.133. The summed E-state index contributed by atoms with van der Waals surface area (Å²) in [6, 6.07) is 10.6. The maximum absolute atomic E-state index is 13.2. The van der Waals surface area contributed by atoms with Crippen LogP contribution in [0.2, 0.25) is 0 Å². The lowest BCUT2D eigenvalue weighted by atomic mass is 9.91. The summed E-state index contributed by atoms with van der Waals surface area (Å²) < 4.78 is 11.3. The number of ether oxygens (including phenoxy) is 1. The third kappa shape index (κ3) is 3.75. The molecule has 4 rings (SSSR count). The van der Waals surface area contributed by atoms with Crippen LogP contribution in [0.15, 0.2) is 51.9 Å². The van der Waals surface area contributed by atoms with Crippen LogP contribution >= 0.6 is 0 Å². The van der Waals surface area contributed by atoms with Crippen LogP contribution in [-0.2, 0) is 6.54 Å². The van der Waals surface area contributed by atoms with E-state index in [2.05, 4.69) is 18.7 Å². The first kappa shape index (κ1) is 19.5. The predicted molar refractivity (Wildman–Crippen MR) is 114 cm³/mol. The van der Waals surface area contributed by atoms with Gasteiger partial charge in [0.05, 0.1) is 23.6 Å². The normalized spacial score (nSPS) is 20.1. The highest BCUT2D eigenvalue weighted by atomic mass is 16.5. The molecule has 0 bridgehead atoms. The van der Waals surface area contributed by atoms with Crippen LogP contribution in [-0.4, -0.2) is 30.2 Å². The molecular formula is C24H27NO4. The number of rotatable bonds is 4. The number of para-hydroxylation sites is 1. The number of hydrogen-bond donors (Lipinski definition) is 1. The van der Waals surface area contributed by atoms with Gasteiger partial charge in [-0.25, -0.2) is 0 Å². The molecule has 0 aliphatic carbocycles. The smallest absolute Gasteiger partial charge is 0.200 e. The Hall–Kier alpha value is -2.79. The Balaban J connectivity index is 1.79. The van der Waals surface area contributed by atoms with E-state index in [1.165, 1.54) is 12.7 Å². The number of aromatic hydroxyl groups is 1. The molecule has 29 heavy (non-hydrogen) atoms. The second-order valence-corrected chi connectivity index (χ2v) is 8.26. The molecule has 2 aromatic carbocycles. The van der Waals surface area contributed by atoms with Crippen LogP contribution in [0.25, 0.3) is 22.1 Å². The van der Waals surface area contributed by atoms with Crippen molar-refractivity contribution in [3.63, 3.8) is 0 Å². The van der Waals surface area contributed by atoms with E-state index in [9.17, 15) is 9.90 Å². The lowest BCUT2D eigenvalue weighted by Gasteiger charge is -2.35. The molecule has 0 radical (unpaired) electrons. The number of benzene rings is 2. The van der Waals surface area contributed by atoms with E-state index in [-0.39, 0.29) is 11.2 Å². The average molecular weight is 393 g/mol. The van der Waals surface area contributed by atoms with Crippen molar-refractivity contribution in [2.24, 2.45) is 11.8 Å². The molecular weight excluding hydrogens is 366 g/mol. The predicted octanol–water partition coefficient (Wildman–Crippen LogP) is 4.65. The molecule has 0 spiro atoms. The van der Waals surface area contributed by atoms with Gasteiger partial charge >= 0.3 is 0 Å². The Morgan fingerprint density at radius 2 is 1.83 bits per heavy atom. The molecule has 1 fully saturated rings. The van der Waals surface area contributed by atoms with Gasteiger partial charge in [-0.15, -0.1) is 0 Å². The molecule has 1 saturated heterocycles. The largest absolute Gasteiger partial charge is 0.507 e. The van der Waals surface area contributed by atoms with Gasteiger partial charge in [0, 0.05) is 25.2 Å². The number of piperidine rings is 1. The van der Waals surface area contributed by atoms with E-state index >= 15 is 0 Å². The van der Waals surface area contributed by atoms with E-state index in [4.69, 9.17) is 9.15 Å². The topological polar surface area (TPSA) is 62.9 Å². The zero-order valence-electron chi connectivity index (χ0n) is 17.1. The molecule has 0 amide bonds. The first-order chi connectivity index (χ1) is 14.0. The van der Waals surface area contributed by atoms with Crippen LogP contribution < -0.4 is 10.2 Å². The van der Waals surface area contributed by atoms with Crippen molar-refractivity contribution in [2.45, 2.75) is 26.8 Å². The second-order valence-electron chi connectivity index (χ2n) is 8.26. The Bertz CT molecular complexity index is 1080. The fourth-order valence-electron chi connectivity index (χ4n) is 4.60. The lowest BCUT2D eigenvalue weighted by Crippen LogP contribution is -2.38. The van der Waals surface area contributed by atoms with Crippen molar-refractivity contribution in [1.29, 1.82) is 0 Å². The molecule has 0 saturated carbocycles. The minimum Gasteiger partial charge on any atom is -0.507 e. The number of nitrogens with zero attached hydrogens (tertiary/aromatic N) is 1. The quantitative estimate of drug-likeness (QED) is 0.699. The van der Waals surface area contributed by atoms with E-state index in [1.807, 2.05) is 24.3 Å². The number of likely N-dealkylation sites (tertiary alicyclic amines) is 1. The summed E-state index contributed by atoms with van der Waals surface area (Å²) >= 11 is 0. The highest BCUT2D eigenvalue weighted by Crippen LogP contribution is 2.33. The van der Waals surface area contributed by atoms with Crippen molar-refractivity contribution in [1.82, 2.24) is 4.90 Å². The van der Waals surface area contributed by atoms with Crippen molar-refractivity contribution in [2.75, 3.05) is 20.2 Å². The SMILES string of the molecule is COc1ccccc1-c1coc2c(CN3CC(C)CC(C)C3)c(O)ccc2c1=O. The van der Waals surface area contributed by atoms with Crippen molar-refractivity contribution in [3.05, 3.63) is 58.4 Å². The molecule has 1 aliphatic rings. The zero-order chi connectivity index (χ0) is 20.5. The van der Waals surface area contributed by atoms with Crippen molar-refractivity contribution >= 4 is 11.0 Å². The molecule has 2 heterocycles. The van der Waals surface area contributed by atoms with Gasteiger partial charge in [0.15, 0.2) is 0 Å². The maximum atomic E-state index is 13.2. The summed E-state index contributed by atoms with van der Waals surface area (Å²) in [7, 11) is 1.58. The Morgan fingerprint density at radius 1 is 1.10 bits per heavy atom. The van der Waals surface area contributed by atoms with Gasteiger partial charge in [-0.05, 0) is 36.5 Å². The summed E-state index contributed by atoms with van der Waals surface area (Å²) in [5.74, 6) is 2.01. The van der Waals surface area contributed by atoms with Crippen molar-refractivity contribution < 1.29 is 14.3 Å². The maximum Gasteiger partial charge on any atom is 0.200 e. The highest BCUT2D eigenvalue weighted by Gasteiger charge is 2.24. The summed E-state index contributed by atoms with van der Waals surface area (Å²) in [6.45, 7) is 7.03. The third-order valence-corrected chi connectivity index (χ3v) is 5.74.